The molecule has 0 unspecified atom stereocenters. The zero-order valence-electron chi connectivity index (χ0n) is 15.0. The minimum Gasteiger partial charge on any atom is -0.493 e. The molecule has 24 heavy (non-hydrogen) atoms. The van der Waals surface area contributed by atoms with Crippen molar-refractivity contribution < 1.29 is 14.3 Å². The minimum absolute atomic E-state index is 0.0421. The van der Waals surface area contributed by atoms with Gasteiger partial charge in [0.15, 0.2) is 11.5 Å². The summed E-state index contributed by atoms with van der Waals surface area (Å²) in [6.07, 6.45) is 0. The van der Waals surface area contributed by atoms with Crippen molar-refractivity contribution in [2.45, 2.75) is 27.7 Å². The van der Waals surface area contributed by atoms with Crippen molar-refractivity contribution in [3.63, 3.8) is 0 Å². The van der Waals surface area contributed by atoms with E-state index < -0.39 is 0 Å². The quantitative estimate of drug-likeness (QED) is 0.890. The molecule has 0 aliphatic carbocycles. The van der Waals surface area contributed by atoms with Crippen LogP contribution in [0.15, 0.2) is 18.2 Å². The van der Waals surface area contributed by atoms with Gasteiger partial charge >= 0.3 is 0 Å². The summed E-state index contributed by atoms with van der Waals surface area (Å²) >= 11 is 1.38. The van der Waals surface area contributed by atoms with E-state index in [4.69, 9.17) is 9.47 Å². The largest absolute Gasteiger partial charge is 0.493 e. The van der Waals surface area contributed by atoms with Gasteiger partial charge in [-0.15, -0.1) is 11.3 Å². The lowest BCUT2D eigenvalue weighted by atomic mass is 9.97. The van der Waals surface area contributed by atoms with Gasteiger partial charge in [0, 0.05) is 12.1 Å². The zero-order chi connectivity index (χ0) is 17.9. The van der Waals surface area contributed by atoms with E-state index in [2.05, 4.69) is 31.1 Å². The van der Waals surface area contributed by atoms with Gasteiger partial charge in [-0.25, -0.2) is 4.98 Å². The normalized spacial score (nSPS) is 11.2. The van der Waals surface area contributed by atoms with Gasteiger partial charge < -0.3 is 14.8 Å². The second-order valence-corrected chi connectivity index (χ2v) is 7.75. The smallest absolute Gasteiger partial charge is 0.263 e. The molecule has 2 rings (SSSR count). The maximum Gasteiger partial charge on any atom is 0.263 e. The third kappa shape index (κ3) is 4.26. The van der Waals surface area contributed by atoms with Crippen LogP contribution in [0.5, 0.6) is 11.5 Å². The molecule has 0 aliphatic heterocycles. The van der Waals surface area contributed by atoms with Crippen LogP contribution in [0.4, 0.5) is 0 Å². The molecule has 0 aliphatic rings. The van der Waals surface area contributed by atoms with Gasteiger partial charge in [-0.05, 0) is 30.5 Å². The van der Waals surface area contributed by atoms with Gasteiger partial charge in [0.05, 0.1) is 19.9 Å². The summed E-state index contributed by atoms with van der Waals surface area (Å²) in [4.78, 5) is 17.6. The molecule has 1 N–H and O–H groups in total. The number of nitrogens with one attached hydrogen (secondary N) is 1. The van der Waals surface area contributed by atoms with E-state index in [0.717, 1.165) is 16.3 Å². The van der Waals surface area contributed by atoms with E-state index >= 15 is 0 Å². The molecule has 0 bridgehead atoms. The molecule has 0 atom stereocenters. The third-order valence-corrected chi connectivity index (χ3v) is 4.62. The second kappa shape index (κ2) is 7.21. The SMILES string of the molecule is COc1ccc(-c2nc(C)c(C(=O)NCC(C)(C)C)s2)cc1OC. The number of aryl methyl sites for hydroxylation is 1. The summed E-state index contributed by atoms with van der Waals surface area (Å²) in [7, 11) is 3.20. The lowest BCUT2D eigenvalue weighted by Crippen LogP contribution is -2.32. The molecule has 130 valence electrons. The number of hydrogen-bond donors (Lipinski definition) is 1. The average molecular weight is 348 g/mol. The Morgan fingerprint density at radius 1 is 1.21 bits per heavy atom. The Morgan fingerprint density at radius 2 is 1.88 bits per heavy atom. The van der Waals surface area contributed by atoms with E-state index in [1.54, 1.807) is 14.2 Å². The van der Waals surface area contributed by atoms with Crippen LogP contribution in [0.1, 0.15) is 36.1 Å². The first kappa shape index (κ1) is 18.3. The first-order valence-electron chi connectivity index (χ1n) is 7.73. The highest BCUT2D eigenvalue weighted by molar-refractivity contribution is 7.17. The molecule has 6 heteroatoms. The van der Waals surface area contributed by atoms with Crippen molar-refractivity contribution >= 4 is 17.2 Å². The lowest BCUT2D eigenvalue weighted by Gasteiger charge is -2.18. The number of nitrogens with zero attached hydrogens (tertiary/aromatic N) is 1. The summed E-state index contributed by atoms with van der Waals surface area (Å²) < 4.78 is 10.6. The standard InChI is InChI=1S/C18H24N2O3S/c1-11-15(16(21)19-10-18(2,3)4)24-17(20-11)12-7-8-13(22-5)14(9-12)23-6/h7-9H,10H2,1-6H3,(H,19,21). The first-order valence-corrected chi connectivity index (χ1v) is 8.55. The van der Waals surface area contributed by atoms with Gasteiger partial charge in [0.25, 0.3) is 5.91 Å². The summed E-state index contributed by atoms with van der Waals surface area (Å²) in [5.41, 5.74) is 1.67. The number of carbonyl (C=O) groups excluding carboxylic acids is 1. The number of benzene rings is 1. The Labute approximate surface area is 147 Å². The van der Waals surface area contributed by atoms with Crippen LogP contribution in [-0.4, -0.2) is 31.7 Å². The van der Waals surface area contributed by atoms with Crippen LogP contribution in [-0.2, 0) is 0 Å². The number of hydrogen-bond acceptors (Lipinski definition) is 5. The highest BCUT2D eigenvalue weighted by Gasteiger charge is 2.19. The number of carbonyl (C=O) groups is 1. The van der Waals surface area contributed by atoms with Crippen molar-refractivity contribution in [3.8, 4) is 22.1 Å². The number of rotatable bonds is 5. The molecule has 1 aromatic carbocycles. The highest BCUT2D eigenvalue weighted by Crippen LogP contribution is 2.35. The molecule has 0 radical (unpaired) electrons. The van der Waals surface area contributed by atoms with Crippen LogP contribution >= 0.6 is 11.3 Å². The maximum absolute atomic E-state index is 12.4. The molecule has 1 heterocycles. The molecule has 0 saturated carbocycles. The fraction of sp³-hybridized carbons (Fsp3) is 0.444. The number of aromatic nitrogens is 1. The van der Waals surface area contributed by atoms with E-state index in [1.165, 1.54) is 11.3 Å². The van der Waals surface area contributed by atoms with Crippen molar-refractivity contribution in [2.75, 3.05) is 20.8 Å². The molecular formula is C18H24N2O3S. The summed E-state index contributed by atoms with van der Waals surface area (Å²) in [5, 5.41) is 3.76. The van der Waals surface area contributed by atoms with E-state index in [9.17, 15) is 4.79 Å². The highest BCUT2D eigenvalue weighted by atomic mass is 32.1. The molecule has 0 fully saturated rings. The van der Waals surface area contributed by atoms with Crippen molar-refractivity contribution in [1.82, 2.24) is 10.3 Å². The van der Waals surface area contributed by atoms with Crippen molar-refractivity contribution in [3.05, 3.63) is 28.8 Å². The lowest BCUT2D eigenvalue weighted by molar-refractivity contribution is 0.0942. The minimum atomic E-state index is -0.0772. The maximum atomic E-state index is 12.4. The predicted octanol–water partition coefficient (Wildman–Crippen LogP) is 3.91. The molecule has 5 nitrogen and oxygen atoms in total. The molecule has 0 saturated heterocycles. The van der Waals surface area contributed by atoms with Crippen LogP contribution in [0, 0.1) is 12.3 Å². The van der Waals surface area contributed by atoms with Crippen LogP contribution in [0.3, 0.4) is 0 Å². The Kier molecular flexibility index (Phi) is 5.49. The summed E-state index contributed by atoms with van der Waals surface area (Å²) in [6, 6.07) is 5.62. The van der Waals surface area contributed by atoms with Gasteiger partial charge in [0.2, 0.25) is 0 Å². The Balaban J connectivity index is 2.27. The van der Waals surface area contributed by atoms with Gasteiger partial charge in [0.1, 0.15) is 9.88 Å². The third-order valence-electron chi connectivity index (χ3n) is 3.41. The van der Waals surface area contributed by atoms with E-state index in [-0.39, 0.29) is 11.3 Å². The molecule has 0 spiro atoms. The zero-order valence-corrected chi connectivity index (χ0v) is 15.8. The summed E-state index contributed by atoms with van der Waals surface area (Å²) in [5.74, 6) is 1.23. The Bertz CT molecular complexity index is 732. The molecular weight excluding hydrogens is 324 g/mol. The molecule has 1 amide bonds. The Morgan fingerprint density at radius 3 is 2.46 bits per heavy atom. The first-order chi connectivity index (χ1) is 11.2. The monoisotopic (exact) mass is 348 g/mol. The topological polar surface area (TPSA) is 60.5 Å². The number of ether oxygens (including phenoxy) is 2. The number of thiazole rings is 1. The fourth-order valence-corrected chi connectivity index (χ4v) is 3.10. The van der Waals surface area contributed by atoms with E-state index in [1.807, 2.05) is 25.1 Å². The van der Waals surface area contributed by atoms with Crippen LogP contribution in [0.2, 0.25) is 0 Å². The number of methoxy groups -OCH3 is 2. The molecule has 1 aromatic heterocycles. The average Bonchev–Trinajstić information content (AvgIpc) is 2.93. The van der Waals surface area contributed by atoms with Crippen LogP contribution < -0.4 is 14.8 Å². The van der Waals surface area contributed by atoms with Gasteiger partial charge in [-0.2, -0.15) is 0 Å². The molecule has 2 aromatic rings. The second-order valence-electron chi connectivity index (χ2n) is 6.75. The van der Waals surface area contributed by atoms with E-state index in [0.29, 0.717) is 22.9 Å². The van der Waals surface area contributed by atoms with Crippen molar-refractivity contribution in [1.29, 1.82) is 0 Å². The number of amides is 1. The van der Waals surface area contributed by atoms with Crippen molar-refractivity contribution in [2.24, 2.45) is 5.41 Å². The van der Waals surface area contributed by atoms with Gasteiger partial charge in [-0.1, -0.05) is 20.8 Å². The van der Waals surface area contributed by atoms with Crippen LogP contribution in [0.25, 0.3) is 10.6 Å². The van der Waals surface area contributed by atoms with Gasteiger partial charge in [-0.3, -0.25) is 4.79 Å². The predicted molar refractivity (Wildman–Crippen MR) is 97.2 cm³/mol. The Hall–Kier alpha value is -2.08. The fourth-order valence-electron chi connectivity index (χ4n) is 2.13. The summed E-state index contributed by atoms with van der Waals surface area (Å²) in [6.45, 7) is 8.73.